The highest BCUT2D eigenvalue weighted by molar-refractivity contribution is 5.94. The van der Waals surface area contributed by atoms with Crippen LogP contribution in [0, 0.1) is 5.92 Å². The highest BCUT2D eigenvalue weighted by atomic mass is 16.6. The predicted molar refractivity (Wildman–Crippen MR) is 89.9 cm³/mol. The first-order chi connectivity index (χ1) is 12.1. The molecular formula is C19H17NO5. The summed E-state index contributed by atoms with van der Waals surface area (Å²) in [7, 11) is 0. The van der Waals surface area contributed by atoms with E-state index < -0.39 is 12.1 Å². The van der Waals surface area contributed by atoms with Gasteiger partial charge in [-0.1, -0.05) is 24.3 Å². The van der Waals surface area contributed by atoms with E-state index in [0.29, 0.717) is 23.6 Å². The fraction of sp³-hybridized carbons (Fsp3) is 0.263. The number of hydrogen-bond acceptors (Lipinski definition) is 4. The Balaban J connectivity index is 1.38. The molecule has 2 aliphatic rings. The van der Waals surface area contributed by atoms with Crippen molar-refractivity contribution in [2.45, 2.75) is 18.4 Å². The van der Waals surface area contributed by atoms with Gasteiger partial charge in [0.25, 0.3) is 5.91 Å². The van der Waals surface area contributed by atoms with Gasteiger partial charge >= 0.3 is 5.97 Å². The van der Waals surface area contributed by atoms with Crippen molar-refractivity contribution in [3.8, 4) is 11.5 Å². The van der Waals surface area contributed by atoms with Crippen molar-refractivity contribution in [1.29, 1.82) is 0 Å². The SMILES string of the molecule is O=C(Nc1ccc([C@@H]2C[C@H]2C(=O)O)cc1)C1COc2ccccc2O1. The van der Waals surface area contributed by atoms with Crippen LogP contribution in [0.2, 0.25) is 0 Å². The maximum Gasteiger partial charge on any atom is 0.307 e. The Morgan fingerprint density at radius 3 is 2.44 bits per heavy atom. The minimum atomic E-state index is -0.753. The molecule has 25 heavy (non-hydrogen) atoms. The van der Waals surface area contributed by atoms with Crippen molar-refractivity contribution in [3.63, 3.8) is 0 Å². The molecule has 1 aliphatic carbocycles. The molecule has 1 amide bonds. The molecule has 0 spiro atoms. The van der Waals surface area contributed by atoms with Crippen LogP contribution in [0.15, 0.2) is 48.5 Å². The molecule has 1 saturated carbocycles. The zero-order valence-corrected chi connectivity index (χ0v) is 13.3. The maximum atomic E-state index is 12.4. The van der Waals surface area contributed by atoms with E-state index in [1.807, 2.05) is 24.3 Å². The summed E-state index contributed by atoms with van der Waals surface area (Å²) in [6.07, 6.45) is -0.0392. The molecule has 0 saturated heterocycles. The second kappa shape index (κ2) is 6.12. The third kappa shape index (κ3) is 3.15. The Morgan fingerprint density at radius 2 is 1.76 bits per heavy atom. The van der Waals surface area contributed by atoms with Crippen LogP contribution in [-0.2, 0) is 9.59 Å². The largest absolute Gasteiger partial charge is 0.485 e. The van der Waals surface area contributed by atoms with E-state index in [1.54, 1.807) is 24.3 Å². The van der Waals surface area contributed by atoms with Gasteiger partial charge in [0.1, 0.15) is 6.61 Å². The summed E-state index contributed by atoms with van der Waals surface area (Å²) in [6, 6.07) is 14.5. The van der Waals surface area contributed by atoms with Gasteiger partial charge in [0.05, 0.1) is 5.92 Å². The van der Waals surface area contributed by atoms with Crippen LogP contribution in [0.5, 0.6) is 11.5 Å². The number of benzene rings is 2. The minimum absolute atomic E-state index is 0.0776. The van der Waals surface area contributed by atoms with E-state index >= 15 is 0 Å². The number of hydrogen-bond donors (Lipinski definition) is 2. The number of carbonyl (C=O) groups is 2. The number of fused-ring (bicyclic) bond motifs is 1. The number of carboxylic acids is 1. The number of para-hydroxylation sites is 2. The van der Waals surface area contributed by atoms with Crippen LogP contribution in [0.1, 0.15) is 17.9 Å². The van der Waals surface area contributed by atoms with E-state index in [4.69, 9.17) is 14.6 Å². The Kier molecular flexibility index (Phi) is 3.80. The summed E-state index contributed by atoms with van der Waals surface area (Å²) < 4.78 is 11.2. The van der Waals surface area contributed by atoms with Crippen molar-refractivity contribution < 1.29 is 24.2 Å². The highest BCUT2D eigenvalue weighted by Gasteiger charge is 2.44. The Labute approximate surface area is 144 Å². The summed E-state index contributed by atoms with van der Waals surface area (Å²) in [6.45, 7) is 0.156. The lowest BCUT2D eigenvalue weighted by molar-refractivity contribution is -0.138. The Hall–Kier alpha value is -3.02. The predicted octanol–water partition coefficient (Wildman–Crippen LogP) is 2.65. The van der Waals surface area contributed by atoms with E-state index in [0.717, 1.165) is 5.56 Å². The van der Waals surface area contributed by atoms with Crippen molar-refractivity contribution in [2.75, 3.05) is 11.9 Å². The van der Waals surface area contributed by atoms with E-state index in [1.165, 1.54) is 0 Å². The molecule has 2 aromatic rings. The van der Waals surface area contributed by atoms with Crippen LogP contribution >= 0.6 is 0 Å². The van der Waals surface area contributed by atoms with Gasteiger partial charge in [0, 0.05) is 5.69 Å². The fourth-order valence-electron chi connectivity index (χ4n) is 3.02. The molecule has 0 aromatic heterocycles. The molecular weight excluding hydrogens is 322 g/mol. The zero-order chi connectivity index (χ0) is 17.4. The van der Waals surface area contributed by atoms with E-state index in [9.17, 15) is 9.59 Å². The molecule has 0 radical (unpaired) electrons. The molecule has 1 unspecified atom stereocenters. The van der Waals surface area contributed by atoms with Gasteiger partial charge in [0.15, 0.2) is 11.5 Å². The van der Waals surface area contributed by atoms with E-state index in [-0.39, 0.29) is 24.3 Å². The summed E-state index contributed by atoms with van der Waals surface area (Å²) >= 11 is 0. The molecule has 6 heteroatoms. The average molecular weight is 339 g/mol. The third-order valence-electron chi connectivity index (χ3n) is 4.52. The molecule has 128 valence electrons. The summed E-state index contributed by atoms with van der Waals surface area (Å²) in [5.74, 6) is -0.0534. The smallest absolute Gasteiger partial charge is 0.307 e. The quantitative estimate of drug-likeness (QED) is 0.894. The number of anilines is 1. The number of ether oxygens (including phenoxy) is 2. The number of rotatable bonds is 4. The molecule has 2 N–H and O–H groups in total. The van der Waals surface area contributed by atoms with Crippen LogP contribution in [-0.4, -0.2) is 29.7 Å². The van der Waals surface area contributed by atoms with Gasteiger partial charge in [-0.15, -0.1) is 0 Å². The van der Waals surface area contributed by atoms with Crippen LogP contribution in [0.4, 0.5) is 5.69 Å². The van der Waals surface area contributed by atoms with Crippen LogP contribution in [0.3, 0.4) is 0 Å². The Bertz CT molecular complexity index is 817. The highest BCUT2D eigenvalue weighted by Crippen LogP contribution is 2.47. The minimum Gasteiger partial charge on any atom is -0.485 e. The third-order valence-corrected chi connectivity index (χ3v) is 4.52. The number of aliphatic carboxylic acids is 1. The first-order valence-electron chi connectivity index (χ1n) is 8.14. The molecule has 3 atom stereocenters. The second-order valence-electron chi connectivity index (χ2n) is 6.26. The van der Waals surface area contributed by atoms with Crippen LogP contribution in [0.25, 0.3) is 0 Å². The molecule has 0 bridgehead atoms. The Morgan fingerprint density at radius 1 is 1.04 bits per heavy atom. The lowest BCUT2D eigenvalue weighted by Crippen LogP contribution is -2.40. The van der Waals surface area contributed by atoms with Crippen molar-refractivity contribution in [2.24, 2.45) is 5.92 Å². The second-order valence-corrected chi connectivity index (χ2v) is 6.26. The number of carboxylic acid groups (broad SMARTS) is 1. The summed E-state index contributed by atoms with van der Waals surface area (Å²) in [5, 5.41) is 11.8. The zero-order valence-electron chi connectivity index (χ0n) is 13.3. The number of amides is 1. The first-order valence-corrected chi connectivity index (χ1v) is 8.14. The van der Waals surface area contributed by atoms with Crippen molar-refractivity contribution in [3.05, 3.63) is 54.1 Å². The lowest BCUT2D eigenvalue weighted by atomic mass is 10.1. The number of carbonyl (C=O) groups excluding carboxylic acids is 1. The number of nitrogens with one attached hydrogen (secondary N) is 1. The lowest BCUT2D eigenvalue weighted by Gasteiger charge is -2.25. The van der Waals surface area contributed by atoms with Gasteiger partial charge < -0.3 is 19.9 Å². The summed E-state index contributed by atoms with van der Waals surface area (Å²) in [4.78, 5) is 23.3. The van der Waals surface area contributed by atoms with Gasteiger partial charge in [-0.25, -0.2) is 0 Å². The standard InChI is InChI=1S/C19H17NO5/c21-18(17-10-24-15-3-1-2-4-16(15)25-17)20-12-7-5-11(6-8-12)13-9-14(13)19(22)23/h1-8,13-14,17H,9-10H2,(H,20,21)(H,22,23)/t13-,14+,17?/m0/s1. The molecule has 2 aromatic carbocycles. The van der Waals surface area contributed by atoms with Gasteiger partial charge in [-0.3, -0.25) is 9.59 Å². The van der Waals surface area contributed by atoms with Crippen LogP contribution < -0.4 is 14.8 Å². The van der Waals surface area contributed by atoms with Crippen molar-refractivity contribution >= 4 is 17.6 Å². The first kappa shape index (κ1) is 15.5. The summed E-state index contributed by atoms with van der Waals surface area (Å²) in [5.41, 5.74) is 1.63. The molecule has 1 aliphatic heterocycles. The fourth-order valence-corrected chi connectivity index (χ4v) is 3.02. The van der Waals surface area contributed by atoms with Gasteiger partial charge in [-0.05, 0) is 42.2 Å². The molecule has 1 heterocycles. The van der Waals surface area contributed by atoms with Gasteiger partial charge in [0.2, 0.25) is 6.10 Å². The topological polar surface area (TPSA) is 84.9 Å². The van der Waals surface area contributed by atoms with E-state index in [2.05, 4.69) is 5.32 Å². The maximum absolute atomic E-state index is 12.4. The average Bonchev–Trinajstić information content (AvgIpc) is 3.43. The van der Waals surface area contributed by atoms with Gasteiger partial charge in [-0.2, -0.15) is 0 Å². The monoisotopic (exact) mass is 339 g/mol. The molecule has 1 fully saturated rings. The van der Waals surface area contributed by atoms with Crippen molar-refractivity contribution in [1.82, 2.24) is 0 Å². The normalized spacial score (nSPS) is 23.6. The molecule has 6 nitrogen and oxygen atoms in total. The molecule has 4 rings (SSSR count).